The fourth-order valence-electron chi connectivity index (χ4n) is 2.73. The summed E-state index contributed by atoms with van der Waals surface area (Å²) in [7, 11) is 0. The molecule has 0 unspecified atom stereocenters. The third kappa shape index (κ3) is 7.20. The summed E-state index contributed by atoms with van der Waals surface area (Å²) in [5.41, 5.74) is 2.10. The summed E-state index contributed by atoms with van der Waals surface area (Å²) in [6, 6.07) is 11.9. The second-order valence-corrected chi connectivity index (χ2v) is 6.74. The van der Waals surface area contributed by atoms with Crippen molar-refractivity contribution in [2.24, 2.45) is 0 Å². The van der Waals surface area contributed by atoms with Gasteiger partial charge in [0.1, 0.15) is 23.5 Å². The lowest BCUT2D eigenvalue weighted by atomic mass is 10.1. The first-order valence-corrected chi connectivity index (χ1v) is 10.3. The minimum absolute atomic E-state index is 0.0138. The highest BCUT2D eigenvalue weighted by Crippen LogP contribution is 2.09. The number of benzene rings is 2. The van der Waals surface area contributed by atoms with E-state index < -0.39 is 17.8 Å². The minimum atomic E-state index is -1.03. The predicted molar refractivity (Wildman–Crippen MR) is 120 cm³/mol. The van der Waals surface area contributed by atoms with E-state index in [1.165, 1.54) is 24.3 Å². The van der Waals surface area contributed by atoms with E-state index in [2.05, 4.69) is 20.6 Å². The van der Waals surface area contributed by atoms with Crippen LogP contribution in [0.25, 0.3) is 0 Å². The van der Waals surface area contributed by atoms with Gasteiger partial charge in [0.15, 0.2) is 0 Å². The summed E-state index contributed by atoms with van der Waals surface area (Å²) < 4.78 is 13.3. The summed E-state index contributed by atoms with van der Waals surface area (Å²) in [6.45, 7) is 5.97. The number of hydrogen-bond acceptors (Lipinski definition) is 5. The van der Waals surface area contributed by atoms with Gasteiger partial charge in [-0.1, -0.05) is 38.1 Å². The molecule has 2 amide bonds. The molecule has 33 heavy (non-hydrogen) atoms. The van der Waals surface area contributed by atoms with Gasteiger partial charge in [-0.3, -0.25) is 9.59 Å². The topological polar surface area (TPSA) is 121 Å². The van der Waals surface area contributed by atoms with Crippen LogP contribution in [0.2, 0.25) is 0 Å². The molecule has 0 saturated carbocycles. The maximum Gasteiger partial charge on any atom is 0.335 e. The molecular weight excluding hydrogens is 427 g/mol. The zero-order chi connectivity index (χ0) is 24.4. The van der Waals surface area contributed by atoms with Crippen LogP contribution in [0.1, 0.15) is 61.9 Å². The van der Waals surface area contributed by atoms with Gasteiger partial charge < -0.3 is 15.7 Å². The smallest absolute Gasteiger partial charge is 0.335 e. The third-order valence-corrected chi connectivity index (χ3v) is 4.46. The number of nitrogens with one attached hydrogen (secondary N) is 2. The lowest BCUT2D eigenvalue weighted by molar-refractivity contribution is 0.0696. The molecular formula is C24H25FN4O4. The molecule has 3 aromatic rings. The Hall–Kier alpha value is -4.14. The van der Waals surface area contributed by atoms with E-state index >= 15 is 0 Å². The summed E-state index contributed by atoms with van der Waals surface area (Å²) in [4.78, 5) is 43.4. The Kier molecular flexibility index (Phi) is 9.17. The molecule has 3 N–H and O–H groups in total. The molecule has 1 aromatic heterocycles. The molecule has 2 aromatic carbocycles. The molecule has 0 saturated heterocycles. The van der Waals surface area contributed by atoms with Gasteiger partial charge in [-0.2, -0.15) is 0 Å². The molecule has 0 aliphatic carbocycles. The van der Waals surface area contributed by atoms with Crippen LogP contribution in [0.4, 0.5) is 4.39 Å². The van der Waals surface area contributed by atoms with Gasteiger partial charge in [0.05, 0.1) is 5.56 Å². The van der Waals surface area contributed by atoms with Crippen molar-refractivity contribution >= 4 is 17.8 Å². The average Bonchev–Trinajstić information content (AvgIpc) is 2.84. The number of rotatable bonds is 7. The first-order chi connectivity index (χ1) is 15.8. The molecule has 0 aliphatic heterocycles. The van der Waals surface area contributed by atoms with E-state index in [4.69, 9.17) is 5.11 Å². The fourth-order valence-corrected chi connectivity index (χ4v) is 2.73. The van der Waals surface area contributed by atoms with Crippen molar-refractivity contribution in [1.82, 2.24) is 20.6 Å². The van der Waals surface area contributed by atoms with Crippen LogP contribution in [0.3, 0.4) is 0 Å². The van der Waals surface area contributed by atoms with Gasteiger partial charge in [0, 0.05) is 19.2 Å². The van der Waals surface area contributed by atoms with Crippen molar-refractivity contribution in [1.29, 1.82) is 0 Å². The molecule has 0 aliphatic rings. The quantitative estimate of drug-likeness (QED) is 0.504. The Morgan fingerprint density at radius 2 is 1.36 bits per heavy atom. The summed E-state index contributed by atoms with van der Waals surface area (Å²) >= 11 is 0. The van der Waals surface area contributed by atoms with Crippen LogP contribution in [-0.2, 0) is 13.1 Å². The number of carboxylic acid groups (broad SMARTS) is 1. The zero-order valence-electron chi connectivity index (χ0n) is 18.6. The van der Waals surface area contributed by atoms with E-state index in [0.29, 0.717) is 11.1 Å². The van der Waals surface area contributed by atoms with E-state index in [9.17, 15) is 18.8 Å². The number of aromatic carboxylic acids is 1. The Morgan fingerprint density at radius 3 is 1.88 bits per heavy atom. The standard InChI is InChI=1S/C22H19FN4O4.C2H6/c1-13-8-15(4-7-17(13)23)11-25-21(29)19-9-18(26-12-27-19)20(28)24-10-14-2-5-16(6-3-14)22(30)31;1-2/h2-9,12H,10-11H2,1H3,(H,24,28)(H,25,29)(H,30,31);1-2H3. The summed E-state index contributed by atoms with van der Waals surface area (Å²) in [5.74, 6) is -2.35. The van der Waals surface area contributed by atoms with E-state index in [1.54, 1.807) is 31.2 Å². The lowest BCUT2D eigenvalue weighted by Crippen LogP contribution is -2.27. The van der Waals surface area contributed by atoms with Gasteiger partial charge in [-0.05, 0) is 41.8 Å². The molecule has 9 heteroatoms. The SMILES string of the molecule is CC.Cc1cc(CNC(=O)c2cc(C(=O)NCc3ccc(C(=O)O)cc3)ncn2)ccc1F. The normalized spacial score (nSPS) is 9.94. The number of carbonyl (C=O) groups excluding carboxylic acids is 2. The van der Waals surface area contributed by atoms with E-state index in [1.807, 2.05) is 13.8 Å². The number of aryl methyl sites for hydroxylation is 1. The largest absolute Gasteiger partial charge is 0.478 e. The van der Waals surface area contributed by atoms with Crippen LogP contribution >= 0.6 is 0 Å². The first kappa shape index (κ1) is 25.1. The zero-order valence-corrected chi connectivity index (χ0v) is 18.6. The molecule has 172 valence electrons. The number of amides is 2. The van der Waals surface area contributed by atoms with E-state index in [0.717, 1.165) is 11.9 Å². The molecule has 0 spiro atoms. The molecule has 1 heterocycles. The molecule has 8 nitrogen and oxygen atoms in total. The Balaban J connectivity index is 0.00000187. The van der Waals surface area contributed by atoms with Gasteiger partial charge in [-0.25, -0.2) is 19.2 Å². The van der Waals surface area contributed by atoms with Crippen molar-refractivity contribution in [3.63, 3.8) is 0 Å². The highest BCUT2D eigenvalue weighted by atomic mass is 19.1. The number of hydrogen-bond donors (Lipinski definition) is 3. The second kappa shape index (κ2) is 12.0. The van der Waals surface area contributed by atoms with Crippen LogP contribution in [0.5, 0.6) is 0 Å². The van der Waals surface area contributed by atoms with Crippen molar-refractivity contribution in [2.45, 2.75) is 33.9 Å². The lowest BCUT2D eigenvalue weighted by Gasteiger charge is -2.08. The Bertz CT molecular complexity index is 1130. The van der Waals surface area contributed by atoms with Gasteiger partial charge in [0.2, 0.25) is 0 Å². The average molecular weight is 452 g/mol. The number of halogens is 1. The molecule has 0 radical (unpaired) electrons. The highest BCUT2D eigenvalue weighted by molar-refractivity contribution is 5.97. The number of carboxylic acids is 1. The number of carbonyl (C=O) groups is 3. The van der Waals surface area contributed by atoms with Crippen LogP contribution in [0.15, 0.2) is 54.9 Å². The molecule has 0 bridgehead atoms. The first-order valence-electron chi connectivity index (χ1n) is 10.3. The monoisotopic (exact) mass is 452 g/mol. The molecule has 3 rings (SSSR count). The van der Waals surface area contributed by atoms with Crippen molar-refractivity contribution in [3.05, 3.63) is 94.3 Å². The van der Waals surface area contributed by atoms with Crippen molar-refractivity contribution in [2.75, 3.05) is 0 Å². The van der Waals surface area contributed by atoms with Gasteiger partial charge in [0.25, 0.3) is 11.8 Å². The van der Waals surface area contributed by atoms with E-state index in [-0.39, 0.29) is 35.9 Å². The van der Waals surface area contributed by atoms with Crippen LogP contribution < -0.4 is 10.6 Å². The number of aromatic nitrogens is 2. The van der Waals surface area contributed by atoms with Crippen molar-refractivity contribution < 1.29 is 23.9 Å². The third-order valence-electron chi connectivity index (χ3n) is 4.46. The Morgan fingerprint density at radius 1 is 0.848 bits per heavy atom. The van der Waals surface area contributed by atoms with Crippen LogP contribution in [-0.4, -0.2) is 32.9 Å². The second-order valence-electron chi connectivity index (χ2n) is 6.74. The van der Waals surface area contributed by atoms with Gasteiger partial charge in [-0.15, -0.1) is 0 Å². The minimum Gasteiger partial charge on any atom is -0.478 e. The Labute approximate surface area is 190 Å². The molecule has 0 atom stereocenters. The predicted octanol–water partition coefficient (Wildman–Crippen LogP) is 3.51. The fraction of sp³-hybridized carbons (Fsp3) is 0.208. The highest BCUT2D eigenvalue weighted by Gasteiger charge is 2.13. The maximum atomic E-state index is 13.3. The van der Waals surface area contributed by atoms with Gasteiger partial charge >= 0.3 is 5.97 Å². The van der Waals surface area contributed by atoms with Crippen molar-refractivity contribution in [3.8, 4) is 0 Å². The molecule has 0 fully saturated rings. The summed E-state index contributed by atoms with van der Waals surface area (Å²) in [6.07, 6.45) is 1.12. The number of nitrogens with zero attached hydrogens (tertiary/aromatic N) is 2. The van der Waals surface area contributed by atoms with Crippen LogP contribution in [0, 0.1) is 12.7 Å². The maximum absolute atomic E-state index is 13.3. The summed E-state index contributed by atoms with van der Waals surface area (Å²) in [5, 5.41) is 14.2.